The van der Waals surface area contributed by atoms with Gasteiger partial charge < -0.3 is 23.9 Å². The van der Waals surface area contributed by atoms with Gasteiger partial charge in [0.15, 0.2) is 18.1 Å². The van der Waals surface area contributed by atoms with Crippen molar-refractivity contribution in [3.05, 3.63) is 52.7 Å². The average molecular weight is 462 g/mol. The number of rotatable bonds is 5. The number of methoxy groups -OCH3 is 2. The lowest BCUT2D eigenvalue weighted by Gasteiger charge is -2.41. The summed E-state index contributed by atoms with van der Waals surface area (Å²) in [6.45, 7) is -0.0502. The van der Waals surface area contributed by atoms with Gasteiger partial charge in [0.2, 0.25) is 0 Å². The van der Waals surface area contributed by atoms with Crippen LogP contribution >= 0.6 is 0 Å². The molecule has 1 unspecified atom stereocenters. The molecule has 3 aromatic rings. The maximum Gasteiger partial charge on any atom is 0.422 e. The van der Waals surface area contributed by atoms with Gasteiger partial charge in [-0.2, -0.15) is 13.2 Å². The Hall–Kier alpha value is -2.91. The van der Waals surface area contributed by atoms with Crippen molar-refractivity contribution in [2.75, 3.05) is 27.4 Å². The molecule has 0 radical (unpaired) electrons. The number of hydrogen-bond donors (Lipinski definition) is 1. The third kappa shape index (κ3) is 3.79. The third-order valence-corrected chi connectivity index (χ3v) is 6.67. The Balaban J connectivity index is 1.58. The van der Waals surface area contributed by atoms with Crippen molar-refractivity contribution in [1.29, 1.82) is 0 Å². The van der Waals surface area contributed by atoms with E-state index in [1.165, 1.54) is 7.11 Å². The Morgan fingerprint density at radius 2 is 1.91 bits per heavy atom. The quantitative estimate of drug-likeness (QED) is 0.616. The number of halogens is 3. The van der Waals surface area contributed by atoms with Gasteiger partial charge in [0.05, 0.1) is 19.7 Å². The molecule has 2 aliphatic rings. The molecule has 0 saturated carbocycles. The van der Waals surface area contributed by atoms with Gasteiger partial charge in [0.25, 0.3) is 0 Å². The molecule has 1 atom stereocenters. The zero-order valence-corrected chi connectivity index (χ0v) is 18.4. The summed E-state index contributed by atoms with van der Waals surface area (Å²) in [6.07, 6.45) is -3.01. The zero-order chi connectivity index (χ0) is 23.3. The van der Waals surface area contributed by atoms with Crippen molar-refractivity contribution in [2.24, 2.45) is 0 Å². The minimum atomic E-state index is -4.43. The van der Waals surface area contributed by atoms with Crippen LogP contribution in [0.25, 0.3) is 10.9 Å². The van der Waals surface area contributed by atoms with Crippen LogP contribution in [0.3, 0.4) is 0 Å². The highest BCUT2D eigenvalue weighted by Crippen LogP contribution is 2.45. The largest absolute Gasteiger partial charge is 0.497 e. The lowest BCUT2D eigenvalue weighted by molar-refractivity contribution is -0.153. The monoisotopic (exact) mass is 462 g/mol. The number of alkyl halides is 3. The molecular formula is C24H25F3N2O4. The molecule has 176 valence electrons. The second-order valence-corrected chi connectivity index (χ2v) is 8.42. The number of hydrogen-bond acceptors (Lipinski definition) is 5. The van der Waals surface area contributed by atoms with E-state index in [2.05, 4.69) is 4.90 Å². The number of aromatic nitrogens is 1. The SMILES string of the molecule is COc1ccc2c(c1)c1c(n2CO)CN2CCc3cc(OC)c(OCC(F)(F)F)cc3C2C1. The van der Waals surface area contributed by atoms with E-state index in [4.69, 9.17) is 14.2 Å². The van der Waals surface area contributed by atoms with E-state index >= 15 is 0 Å². The van der Waals surface area contributed by atoms with Crippen molar-refractivity contribution in [2.45, 2.75) is 38.3 Å². The first kappa shape index (κ1) is 21.9. The minimum absolute atomic E-state index is 0.00987. The van der Waals surface area contributed by atoms with Gasteiger partial charge in [-0.05, 0) is 59.9 Å². The molecule has 1 aromatic heterocycles. The van der Waals surface area contributed by atoms with Crippen LogP contribution in [0.15, 0.2) is 30.3 Å². The first-order valence-corrected chi connectivity index (χ1v) is 10.8. The van der Waals surface area contributed by atoms with Gasteiger partial charge in [-0.1, -0.05) is 0 Å². The predicted molar refractivity (Wildman–Crippen MR) is 116 cm³/mol. The highest BCUT2D eigenvalue weighted by Gasteiger charge is 2.36. The molecule has 9 heteroatoms. The van der Waals surface area contributed by atoms with Crippen LogP contribution in [0.1, 0.15) is 28.4 Å². The minimum Gasteiger partial charge on any atom is -0.497 e. The molecule has 0 spiro atoms. The summed E-state index contributed by atoms with van der Waals surface area (Å²) in [4.78, 5) is 2.31. The van der Waals surface area contributed by atoms with Crippen molar-refractivity contribution in [3.63, 3.8) is 0 Å². The molecular weight excluding hydrogens is 437 g/mol. The summed E-state index contributed by atoms with van der Waals surface area (Å²) in [7, 11) is 3.05. The number of fused-ring (bicyclic) bond motifs is 6. The third-order valence-electron chi connectivity index (χ3n) is 6.67. The van der Waals surface area contributed by atoms with Crippen LogP contribution < -0.4 is 14.2 Å². The molecule has 0 fully saturated rings. The summed E-state index contributed by atoms with van der Waals surface area (Å²) in [5.41, 5.74) is 5.13. The van der Waals surface area contributed by atoms with Crippen molar-refractivity contribution in [1.82, 2.24) is 9.47 Å². The molecule has 2 aliphatic heterocycles. The standard InChI is InChI=1S/C24H25F3N2O4/c1-31-15-3-4-19-17(8-15)18-9-20-16-10-23(33-12-24(25,26)27)22(32-2)7-14(16)5-6-28(20)11-21(18)29(19)13-30/h3-4,7-8,10,20,30H,5-6,9,11-13H2,1-2H3. The fourth-order valence-electron chi connectivity index (χ4n) is 5.16. The average Bonchev–Trinajstić information content (AvgIpc) is 3.11. The number of ether oxygens (including phenoxy) is 3. The Morgan fingerprint density at radius 3 is 2.61 bits per heavy atom. The van der Waals surface area contributed by atoms with Crippen LogP contribution in [-0.2, 0) is 26.1 Å². The first-order valence-electron chi connectivity index (χ1n) is 10.8. The Morgan fingerprint density at radius 1 is 1.09 bits per heavy atom. The molecule has 3 heterocycles. The summed E-state index contributed by atoms with van der Waals surface area (Å²) in [6, 6.07) is 9.29. The molecule has 0 aliphatic carbocycles. The van der Waals surface area contributed by atoms with E-state index in [-0.39, 0.29) is 18.5 Å². The van der Waals surface area contributed by atoms with Gasteiger partial charge in [0.1, 0.15) is 12.5 Å². The molecule has 0 bridgehead atoms. The van der Waals surface area contributed by atoms with Crippen LogP contribution in [0.4, 0.5) is 13.2 Å². The van der Waals surface area contributed by atoms with Crippen LogP contribution in [-0.4, -0.2) is 48.1 Å². The normalized spacial score (nSPS) is 17.9. The Bertz CT molecular complexity index is 1200. The highest BCUT2D eigenvalue weighted by atomic mass is 19.4. The van der Waals surface area contributed by atoms with Crippen LogP contribution in [0, 0.1) is 0 Å². The molecule has 0 saturated heterocycles. The van der Waals surface area contributed by atoms with E-state index in [1.807, 2.05) is 22.8 Å². The van der Waals surface area contributed by atoms with Gasteiger partial charge in [-0.15, -0.1) is 0 Å². The maximum atomic E-state index is 12.8. The fourth-order valence-corrected chi connectivity index (χ4v) is 5.16. The summed E-state index contributed by atoms with van der Waals surface area (Å²) in [5.74, 6) is 1.14. The van der Waals surface area contributed by atoms with Gasteiger partial charge in [-0.3, -0.25) is 4.90 Å². The molecule has 1 N–H and O–H groups in total. The van der Waals surface area contributed by atoms with Gasteiger partial charge >= 0.3 is 6.18 Å². The maximum absolute atomic E-state index is 12.8. The van der Waals surface area contributed by atoms with Crippen molar-refractivity contribution >= 4 is 10.9 Å². The molecule has 5 rings (SSSR count). The Kier molecular flexibility index (Phi) is 5.41. The number of benzene rings is 2. The van der Waals surface area contributed by atoms with Crippen LogP contribution in [0.2, 0.25) is 0 Å². The van der Waals surface area contributed by atoms with Gasteiger partial charge in [0, 0.05) is 30.2 Å². The fraction of sp³-hybridized carbons (Fsp3) is 0.417. The highest BCUT2D eigenvalue weighted by molar-refractivity contribution is 5.87. The topological polar surface area (TPSA) is 56.1 Å². The molecule has 33 heavy (non-hydrogen) atoms. The number of aliphatic hydroxyl groups excluding tert-OH is 1. The lowest BCUT2D eigenvalue weighted by atomic mass is 9.85. The number of aliphatic hydroxyl groups is 1. The van der Waals surface area contributed by atoms with E-state index in [0.717, 1.165) is 52.0 Å². The van der Waals surface area contributed by atoms with E-state index in [9.17, 15) is 18.3 Å². The smallest absolute Gasteiger partial charge is 0.422 e. The number of nitrogens with zero attached hydrogens (tertiary/aromatic N) is 2. The van der Waals surface area contributed by atoms with E-state index in [0.29, 0.717) is 18.7 Å². The van der Waals surface area contributed by atoms with Crippen molar-refractivity contribution < 1.29 is 32.5 Å². The van der Waals surface area contributed by atoms with Crippen LogP contribution in [0.5, 0.6) is 17.2 Å². The van der Waals surface area contributed by atoms with Crippen molar-refractivity contribution in [3.8, 4) is 17.2 Å². The predicted octanol–water partition coefficient (Wildman–Crippen LogP) is 4.20. The van der Waals surface area contributed by atoms with E-state index in [1.54, 1.807) is 19.2 Å². The zero-order valence-electron chi connectivity index (χ0n) is 18.4. The summed E-state index contributed by atoms with van der Waals surface area (Å²) < 4.78 is 56.1. The first-order chi connectivity index (χ1) is 15.8. The second-order valence-electron chi connectivity index (χ2n) is 8.42. The van der Waals surface area contributed by atoms with Gasteiger partial charge in [-0.25, -0.2) is 0 Å². The summed E-state index contributed by atoms with van der Waals surface area (Å²) >= 11 is 0. The lowest BCUT2D eigenvalue weighted by Crippen LogP contribution is -2.40. The van der Waals surface area contributed by atoms with E-state index < -0.39 is 12.8 Å². The second kappa shape index (κ2) is 8.14. The molecule has 2 aromatic carbocycles. The summed E-state index contributed by atoms with van der Waals surface area (Å²) in [5, 5.41) is 11.1. The molecule has 6 nitrogen and oxygen atoms in total. The molecule has 0 amide bonds. The Labute approximate surface area is 189 Å².